The maximum Gasteiger partial charge on any atom is 0.0735 e. The molecule has 1 heterocycles. The van der Waals surface area contributed by atoms with Crippen molar-refractivity contribution in [2.75, 3.05) is 19.8 Å². The lowest BCUT2D eigenvalue weighted by Gasteiger charge is -2.20. The fourth-order valence-corrected chi connectivity index (χ4v) is 1.96. The summed E-state index contributed by atoms with van der Waals surface area (Å²) in [6, 6.07) is 4.38. The molecule has 0 aliphatic carbocycles. The summed E-state index contributed by atoms with van der Waals surface area (Å²) in [5, 5.41) is 3.53. The molecule has 1 atom stereocenters. The van der Waals surface area contributed by atoms with Crippen molar-refractivity contribution >= 4 is 0 Å². The van der Waals surface area contributed by atoms with E-state index in [1.165, 1.54) is 5.56 Å². The van der Waals surface area contributed by atoms with Crippen LogP contribution in [0.1, 0.15) is 50.9 Å². The van der Waals surface area contributed by atoms with Crippen LogP contribution in [0.25, 0.3) is 0 Å². The summed E-state index contributed by atoms with van der Waals surface area (Å²) in [4.78, 5) is 4.54. The Balaban J connectivity index is 2.72. The van der Waals surface area contributed by atoms with Crippen LogP contribution in [0.5, 0.6) is 0 Å². The quantitative estimate of drug-likeness (QED) is 0.684. The Kier molecular flexibility index (Phi) is 7.62. The monoisotopic (exact) mass is 250 g/mol. The Morgan fingerprint density at radius 2 is 2.11 bits per heavy atom. The molecule has 3 heteroatoms. The fourth-order valence-electron chi connectivity index (χ4n) is 1.96. The van der Waals surface area contributed by atoms with Gasteiger partial charge in [-0.2, -0.15) is 0 Å². The highest BCUT2D eigenvalue weighted by Gasteiger charge is 2.15. The van der Waals surface area contributed by atoms with Crippen LogP contribution >= 0.6 is 0 Å². The maximum absolute atomic E-state index is 5.69. The topological polar surface area (TPSA) is 34.1 Å². The van der Waals surface area contributed by atoms with Gasteiger partial charge in [-0.05, 0) is 37.4 Å². The number of aromatic nitrogens is 1. The third-order valence-corrected chi connectivity index (χ3v) is 2.91. The summed E-state index contributed by atoms with van der Waals surface area (Å²) in [5.74, 6) is 0. The maximum atomic E-state index is 5.69. The Labute approximate surface area is 111 Å². The first kappa shape index (κ1) is 15.1. The van der Waals surface area contributed by atoms with Crippen LogP contribution < -0.4 is 5.32 Å². The van der Waals surface area contributed by atoms with Gasteiger partial charge in [0.1, 0.15) is 0 Å². The lowest BCUT2D eigenvalue weighted by Crippen LogP contribution is -2.28. The van der Waals surface area contributed by atoms with Crippen molar-refractivity contribution in [3.63, 3.8) is 0 Å². The summed E-state index contributed by atoms with van der Waals surface area (Å²) in [6.07, 6.45) is 5.07. The highest BCUT2D eigenvalue weighted by Crippen LogP contribution is 2.16. The molecule has 0 saturated heterocycles. The van der Waals surface area contributed by atoms with Crippen molar-refractivity contribution in [3.8, 4) is 0 Å². The molecule has 1 unspecified atom stereocenters. The van der Waals surface area contributed by atoms with E-state index in [4.69, 9.17) is 4.74 Å². The Hall–Kier alpha value is -0.930. The van der Waals surface area contributed by atoms with Crippen molar-refractivity contribution < 1.29 is 4.74 Å². The van der Waals surface area contributed by atoms with Crippen molar-refractivity contribution in [2.45, 2.75) is 46.1 Å². The van der Waals surface area contributed by atoms with Crippen LogP contribution in [0.15, 0.2) is 18.3 Å². The SMILES string of the molecule is CCCNC(COCCC)c1ncccc1CC. The first-order valence-electron chi connectivity index (χ1n) is 7.08. The van der Waals surface area contributed by atoms with Crippen LogP contribution in [0.2, 0.25) is 0 Å². The van der Waals surface area contributed by atoms with Gasteiger partial charge in [0.05, 0.1) is 18.3 Å². The largest absolute Gasteiger partial charge is 0.379 e. The molecule has 0 radical (unpaired) electrons. The number of hydrogen-bond acceptors (Lipinski definition) is 3. The molecule has 102 valence electrons. The van der Waals surface area contributed by atoms with Gasteiger partial charge in [0.25, 0.3) is 0 Å². The lowest BCUT2D eigenvalue weighted by molar-refractivity contribution is 0.110. The first-order valence-corrected chi connectivity index (χ1v) is 7.08. The van der Waals surface area contributed by atoms with E-state index >= 15 is 0 Å². The van der Waals surface area contributed by atoms with Gasteiger partial charge in [0.2, 0.25) is 0 Å². The number of ether oxygens (including phenoxy) is 1. The molecule has 0 amide bonds. The first-order chi connectivity index (χ1) is 8.83. The predicted molar refractivity (Wildman–Crippen MR) is 75.8 cm³/mol. The van der Waals surface area contributed by atoms with E-state index < -0.39 is 0 Å². The fraction of sp³-hybridized carbons (Fsp3) is 0.667. The molecule has 18 heavy (non-hydrogen) atoms. The summed E-state index contributed by atoms with van der Waals surface area (Å²) in [7, 11) is 0. The van der Waals surface area contributed by atoms with Gasteiger partial charge < -0.3 is 10.1 Å². The highest BCUT2D eigenvalue weighted by atomic mass is 16.5. The van der Waals surface area contributed by atoms with Crippen molar-refractivity contribution in [1.82, 2.24) is 10.3 Å². The Morgan fingerprint density at radius 3 is 2.78 bits per heavy atom. The number of aryl methyl sites for hydroxylation is 1. The van der Waals surface area contributed by atoms with Crippen molar-refractivity contribution in [3.05, 3.63) is 29.6 Å². The number of hydrogen-bond donors (Lipinski definition) is 1. The molecule has 1 rings (SSSR count). The standard InChI is InChI=1S/C15H26N2O/c1-4-9-16-14(12-18-11-5-2)15-13(6-3)8-7-10-17-15/h7-8,10,14,16H,4-6,9,11-12H2,1-3H3. The van der Waals surface area contributed by atoms with Gasteiger partial charge in [-0.1, -0.05) is 26.8 Å². The molecule has 3 nitrogen and oxygen atoms in total. The molecule has 1 aromatic heterocycles. The second-order valence-electron chi connectivity index (χ2n) is 4.48. The van der Waals surface area contributed by atoms with Crippen LogP contribution in [-0.4, -0.2) is 24.7 Å². The third-order valence-electron chi connectivity index (χ3n) is 2.91. The molecule has 0 fully saturated rings. The zero-order valence-electron chi connectivity index (χ0n) is 11.9. The molecule has 0 saturated carbocycles. The number of nitrogens with one attached hydrogen (secondary N) is 1. The minimum Gasteiger partial charge on any atom is -0.379 e. The second kappa shape index (κ2) is 9.06. The Bertz CT molecular complexity index is 328. The molecular formula is C15H26N2O. The molecule has 0 aliphatic heterocycles. The molecular weight excluding hydrogens is 224 g/mol. The van der Waals surface area contributed by atoms with Gasteiger partial charge in [0.15, 0.2) is 0 Å². The van der Waals surface area contributed by atoms with Crippen LogP contribution in [-0.2, 0) is 11.2 Å². The average Bonchev–Trinajstić information content (AvgIpc) is 2.42. The molecule has 0 bridgehead atoms. The summed E-state index contributed by atoms with van der Waals surface area (Å²) in [6.45, 7) is 9.00. The van der Waals surface area contributed by atoms with E-state index in [9.17, 15) is 0 Å². The van der Waals surface area contributed by atoms with E-state index in [0.717, 1.165) is 38.1 Å². The van der Waals surface area contributed by atoms with Gasteiger partial charge >= 0.3 is 0 Å². The normalized spacial score (nSPS) is 12.6. The Morgan fingerprint density at radius 1 is 1.28 bits per heavy atom. The number of nitrogens with zero attached hydrogens (tertiary/aromatic N) is 1. The number of rotatable bonds is 9. The molecule has 0 aliphatic rings. The molecule has 0 spiro atoms. The van der Waals surface area contributed by atoms with Crippen LogP contribution in [0, 0.1) is 0 Å². The van der Waals surface area contributed by atoms with Crippen LogP contribution in [0.4, 0.5) is 0 Å². The zero-order valence-corrected chi connectivity index (χ0v) is 11.9. The van der Waals surface area contributed by atoms with Gasteiger partial charge in [-0.15, -0.1) is 0 Å². The summed E-state index contributed by atoms with van der Waals surface area (Å²) >= 11 is 0. The van der Waals surface area contributed by atoms with E-state index in [1.54, 1.807) is 0 Å². The lowest BCUT2D eigenvalue weighted by atomic mass is 10.1. The van der Waals surface area contributed by atoms with Crippen molar-refractivity contribution in [1.29, 1.82) is 0 Å². The third kappa shape index (κ3) is 4.75. The minimum absolute atomic E-state index is 0.215. The van der Waals surface area contributed by atoms with Gasteiger partial charge in [0, 0.05) is 12.8 Å². The van der Waals surface area contributed by atoms with E-state index in [0.29, 0.717) is 6.61 Å². The number of pyridine rings is 1. The van der Waals surface area contributed by atoms with Gasteiger partial charge in [-0.25, -0.2) is 0 Å². The summed E-state index contributed by atoms with van der Waals surface area (Å²) < 4.78 is 5.69. The van der Waals surface area contributed by atoms with E-state index in [1.807, 2.05) is 12.3 Å². The van der Waals surface area contributed by atoms with Gasteiger partial charge in [-0.3, -0.25) is 4.98 Å². The molecule has 1 aromatic rings. The predicted octanol–water partition coefficient (Wildman–Crippen LogP) is 3.11. The summed E-state index contributed by atoms with van der Waals surface area (Å²) in [5.41, 5.74) is 2.45. The molecule has 1 N–H and O–H groups in total. The van der Waals surface area contributed by atoms with E-state index in [-0.39, 0.29) is 6.04 Å². The van der Waals surface area contributed by atoms with Crippen LogP contribution in [0.3, 0.4) is 0 Å². The zero-order chi connectivity index (χ0) is 13.2. The smallest absolute Gasteiger partial charge is 0.0735 e. The highest BCUT2D eigenvalue weighted by molar-refractivity contribution is 5.23. The second-order valence-corrected chi connectivity index (χ2v) is 4.48. The average molecular weight is 250 g/mol. The minimum atomic E-state index is 0.215. The molecule has 0 aromatic carbocycles. The van der Waals surface area contributed by atoms with Crippen molar-refractivity contribution in [2.24, 2.45) is 0 Å². The van der Waals surface area contributed by atoms with E-state index in [2.05, 4.69) is 37.1 Å².